The van der Waals surface area contributed by atoms with Gasteiger partial charge in [0.2, 0.25) is 0 Å². The van der Waals surface area contributed by atoms with Crippen LogP contribution in [0.15, 0.2) is 36.4 Å². The lowest BCUT2D eigenvalue weighted by Gasteiger charge is -2.08. The molecule has 2 aromatic carbocycles. The second-order valence-electron chi connectivity index (χ2n) is 3.62. The van der Waals surface area contributed by atoms with E-state index in [1.807, 2.05) is 0 Å². The molecule has 0 unspecified atom stereocenters. The summed E-state index contributed by atoms with van der Waals surface area (Å²) in [6.07, 6.45) is 0. The molecule has 2 aromatic rings. The third kappa shape index (κ3) is 3.00. The number of benzene rings is 2. The van der Waals surface area contributed by atoms with Gasteiger partial charge in [-0.05, 0) is 24.3 Å². The highest BCUT2D eigenvalue weighted by molar-refractivity contribution is 6.33. The summed E-state index contributed by atoms with van der Waals surface area (Å²) in [5, 5.41) is 8.74. The Labute approximate surface area is 112 Å². The second-order valence-corrected chi connectivity index (χ2v) is 4.03. The Hall–Kier alpha value is -2.14. The van der Waals surface area contributed by atoms with Crippen LogP contribution >= 0.6 is 11.6 Å². The molecule has 19 heavy (non-hydrogen) atoms. The van der Waals surface area contributed by atoms with Crippen molar-refractivity contribution >= 4 is 17.6 Å². The molecule has 0 amide bonds. The van der Waals surface area contributed by atoms with Gasteiger partial charge in [0.15, 0.2) is 11.6 Å². The molecule has 0 fully saturated rings. The molecule has 0 bridgehead atoms. The molecule has 0 spiro atoms. The van der Waals surface area contributed by atoms with E-state index in [1.165, 1.54) is 18.2 Å². The standard InChI is InChI=1S/C13H7ClF2O3/c14-10-6-8(2-3-9(10)13(17)18)19-12-5-7(15)1-4-11(12)16/h1-6H,(H,17,18). The minimum absolute atomic E-state index is 0.0539. The maximum Gasteiger partial charge on any atom is 0.337 e. The molecule has 0 aliphatic carbocycles. The fourth-order valence-corrected chi connectivity index (χ4v) is 1.67. The van der Waals surface area contributed by atoms with Crippen LogP contribution < -0.4 is 4.74 Å². The van der Waals surface area contributed by atoms with E-state index in [1.54, 1.807) is 0 Å². The maximum absolute atomic E-state index is 13.3. The van der Waals surface area contributed by atoms with Crippen molar-refractivity contribution in [3.05, 3.63) is 58.6 Å². The van der Waals surface area contributed by atoms with Gasteiger partial charge < -0.3 is 9.84 Å². The first-order valence-electron chi connectivity index (χ1n) is 5.13. The zero-order valence-electron chi connectivity index (χ0n) is 9.36. The van der Waals surface area contributed by atoms with Crippen LogP contribution in [0.4, 0.5) is 8.78 Å². The molecule has 0 atom stereocenters. The molecule has 0 aliphatic rings. The summed E-state index contributed by atoms with van der Waals surface area (Å²) in [6.45, 7) is 0. The van der Waals surface area contributed by atoms with Crippen LogP contribution in [-0.2, 0) is 0 Å². The SMILES string of the molecule is O=C(O)c1ccc(Oc2cc(F)ccc2F)cc1Cl. The zero-order valence-corrected chi connectivity index (χ0v) is 10.1. The van der Waals surface area contributed by atoms with E-state index in [-0.39, 0.29) is 22.1 Å². The van der Waals surface area contributed by atoms with Crippen molar-refractivity contribution in [3.8, 4) is 11.5 Å². The fourth-order valence-electron chi connectivity index (χ4n) is 1.42. The second kappa shape index (κ2) is 5.24. The third-order valence-corrected chi connectivity index (χ3v) is 2.60. The molecular formula is C13H7ClF2O3. The van der Waals surface area contributed by atoms with E-state index in [4.69, 9.17) is 21.4 Å². The molecule has 2 rings (SSSR count). The van der Waals surface area contributed by atoms with E-state index in [0.717, 1.165) is 18.2 Å². The topological polar surface area (TPSA) is 46.5 Å². The first kappa shape index (κ1) is 13.3. The number of aromatic carboxylic acids is 1. The molecule has 0 saturated heterocycles. The number of carbonyl (C=O) groups is 1. The predicted molar refractivity (Wildman–Crippen MR) is 64.8 cm³/mol. The highest BCUT2D eigenvalue weighted by Crippen LogP contribution is 2.28. The van der Waals surface area contributed by atoms with Crippen LogP contribution in [0, 0.1) is 11.6 Å². The van der Waals surface area contributed by atoms with E-state index >= 15 is 0 Å². The van der Waals surface area contributed by atoms with E-state index in [2.05, 4.69) is 0 Å². The van der Waals surface area contributed by atoms with Crippen molar-refractivity contribution < 1.29 is 23.4 Å². The number of ether oxygens (including phenoxy) is 1. The van der Waals surface area contributed by atoms with Gasteiger partial charge in [0, 0.05) is 12.1 Å². The van der Waals surface area contributed by atoms with Gasteiger partial charge in [-0.1, -0.05) is 11.6 Å². The van der Waals surface area contributed by atoms with Gasteiger partial charge in [-0.2, -0.15) is 0 Å². The van der Waals surface area contributed by atoms with Crippen LogP contribution in [-0.4, -0.2) is 11.1 Å². The Morgan fingerprint density at radius 3 is 2.53 bits per heavy atom. The largest absolute Gasteiger partial charge is 0.478 e. The summed E-state index contributed by atoms with van der Waals surface area (Å²) in [4.78, 5) is 10.8. The molecule has 0 aromatic heterocycles. The monoisotopic (exact) mass is 284 g/mol. The maximum atomic E-state index is 13.3. The average Bonchev–Trinajstić information content (AvgIpc) is 2.33. The first-order chi connectivity index (χ1) is 8.97. The Bertz CT molecular complexity index is 644. The first-order valence-corrected chi connectivity index (χ1v) is 5.51. The molecule has 3 nitrogen and oxygen atoms in total. The van der Waals surface area contributed by atoms with Gasteiger partial charge in [-0.25, -0.2) is 13.6 Å². The van der Waals surface area contributed by atoms with Gasteiger partial charge >= 0.3 is 5.97 Å². The van der Waals surface area contributed by atoms with E-state index in [0.29, 0.717) is 0 Å². The Kier molecular flexibility index (Phi) is 3.66. The van der Waals surface area contributed by atoms with E-state index < -0.39 is 17.6 Å². The molecule has 0 aliphatic heterocycles. The lowest BCUT2D eigenvalue weighted by atomic mass is 10.2. The van der Waals surface area contributed by atoms with Crippen molar-refractivity contribution in [2.24, 2.45) is 0 Å². The van der Waals surface area contributed by atoms with Gasteiger partial charge in [0.25, 0.3) is 0 Å². The fraction of sp³-hybridized carbons (Fsp3) is 0. The summed E-state index contributed by atoms with van der Waals surface area (Å²) in [6, 6.07) is 6.52. The lowest BCUT2D eigenvalue weighted by Crippen LogP contribution is -1.97. The van der Waals surface area contributed by atoms with Crippen LogP contribution in [0.5, 0.6) is 11.5 Å². The predicted octanol–water partition coefficient (Wildman–Crippen LogP) is 4.11. The smallest absolute Gasteiger partial charge is 0.337 e. The molecule has 1 N–H and O–H groups in total. The number of carboxylic acids is 1. The summed E-state index contributed by atoms with van der Waals surface area (Å²) >= 11 is 5.73. The molecule has 0 saturated carbocycles. The molecule has 98 valence electrons. The highest BCUT2D eigenvalue weighted by Gasteiger charge is 2.11. The van der Waals surface area contributed by atoms with Crippen LogP contribution in [0.1, 0.15) is 10.4 Å². The van der Waals surface area contributed by atoms with Crippen LogP contribution in [0.25, 0.3) is 0 Å². The minimum Gasteiger partial charge on any atom is -0.478 e. The molecule has 6 heteroatoms. The lowest BCUT2D eigenvalue weighted by molar-refractivity contribution is 0.0697. The molecule has 0 radical (unpaired) electrons. The Morgan fingerprint density at radius 2 is 1.89 bits per heavy atom. The number of halogens is 3. The number of hydrogen-bond donors (Lipinski definition) is 1. The normalized spacial score (nSPS) is 10.3. The van der Waals surface area contributed by atoms with Gasteiger partial charge in [0.05, 0.1) is 10.6 Å². The average molecular weight is 285 g/mol. The highest BCUT2D eigenvalue weighted by atomic mass is 35.5. The zero-order chi connectivity index (χ0) is 14.0. The summed E-state index contributed by atoms with van der Waals surface area (Å²) in [5.41, 5.74) is -0.103. The van der Waals surface area contributed by atoms with Gasteiger partial charge in [0.1, 0.15) is 11.6 Å². The van der Waals surface area contributed by atoms with Crippen LogP contribution in [0.3, 0.4) is 0 Å². The Morgan fingerprint density at radius 1 is 1.16 bits per heavy atom. The summed E-state index contributed by atoms with van der Waals surface area (Å²) in [7, 11) is 0. The van der Waals surface area contributed by atoms with Crippen molar-refractivity contribution in [1.29, 1.82) is 0 Å². The quantitative estimate of drug-likeness (QED) is 0.922. The van der Waals surface area contributed by atoms with Crippen molar-refractivity contribution in [1.82, 2.24) is 0 Å². The number of rotatable bonds is 3. The summed E-state index contributed by atoms with van der Waals surface area (Å²) in [5.74, 6) is -2.77. The van der Waals surface area contributed by atoms with Gasteiger partial charge in [-0.3, -0.25) is 0 Å². The van der Waals surface area contributed by atoms with Crippen molar-refractivity contribution in [3.63, 3.8) is 0 Å². The third-order valence-electron chi connectivity index (χ3n) is 2.29. The van der Waals surface area contributed by atoms with Gasteiger partial charge in [-0.15, -0.1) is 0 Å². The minimum atomic E-state index is -1.19. The Balaban J connectivity index is 2.31. The van der Waals surface area contributed by atoms with Crippen LogP contribution in [0.2, 0.25) is 5.02 Å². The van der Waals surface area contributed by atoms with E-state index in [9.17, 15) is 13.6 Å². The summed E-state index contributed by atoms with van der Waals surface area (Å²) < 4.78 is 31.4. The number of hydrogen-bond acceptors (Lipinski definition) is 2. The van der Waals surface area contributed by atoms with Crippen molar-refractivity contribution in [2.45, 2.75) is 0 Å². The molecular weight excluding hydrogens is 278 g/mol. The molecule has 0 heterocycles. The number of carboxylic acid groups (broad SMARTS) is 1. The van der Waals surface area contributed by atoms with Crippen molar-refractivity contribution in [2.75, 3.05) is 0 Å².